The largest absolute Gasteiger partial charge is 0.393 e. The summed E-state index contributed by atoms with van der Waals surface area (Å²) in [6.45, 7) is 1.95. The molecule has 2 atom stereocenters. The Hall–Kier alpha value is -2.27. The van der Waals surface area contributed by atoms with E-state index in [0.29, 0.717) is 6.42 Å². The summed E-state index contributed by atoms with van der Waals surface area (Å²) in [5.74, 6) is -2.22. The molecule has 2 N–H and O–H groups in total. The molecule has 0 saturated heterocycles. The molecule has 1 amide bonds. The molecular formula is C18H19F2NO2. The summed E-state index contributed by atoms with van der Waals surface area (Å²) in [7, 11) is 0. The second kappa shape index (κ2) is 7.83. The van der Waals surface area contributed by atoms with Gasteiger partial charge in [-0.2, -0.15) is 0 Å². The maximum absolute atomic E-state index is 13.2. The molecule has 0 radical (unpaired) electrons. The maximum atomic E-state index is 13.2. The molecular weight excluding hydrogens is 300 g/mol. The number of halogens is 2. The standard InChI is InChI=1S/C18H19F2NO2/c1-12(22)7-15(13-5-3-2-4-6-13)11-21-18(23)14-8-16(19)10-17(20)9-14/h2-6,8-10,12,15,22H,7,11H2,1H3,(H,21,23). The summed E-state index contributed by atoms with van der Waals surface area (Å²) >= 11 is 0. The Balaban J connectivity index is 2.07. The zero-order chi connectivity index (χ0) is 16.8. The topological polar surface area (TPSA) is 49.3 Å². The maximum Gasteiger partial charge on any atom is 0.251 e. The first-order chi connectivity index (χ1) is 11.0. The Morgan fingerprint density at radius 2 is 1.74 bits per heavy atom. The van der Waals surface area contributed by atoms with Crippen molar-refractivity contribution in [3.63, 3.8) is 0 Å². The number of hydrogen-bond acceptors (Lipinski definition) is 2. The summed E-state index contributed by atoms with van der Waals surface area (Å²) in [6.07, 6.45) is -0.0503. The molecule has 0 bridgehead atoms. The highest BCUT2D eigenvalue weighted by molar-refractivity contribution is 5.94. The SMILES string of the molecule is CC(O)CC(CNC(=O)c1cc(F)cc(F)c1)c1ccccc1. The Morgan fingerprint density at radius 1 is 1.13 bits per heavy atom. The van der Waals surface area contributed by atoms with Gasteiger partial charge in [0, 0.05) is 24.1 Å². The summed E-state index contributed by atoms with van der Waals surface area (Å²) in [5.41, 5.74) is 0.922. The first kappa shape index (κ1) is 17.1. The van der Waals surface area contributed by atoms with Crippen LogP contribution in [0.25, 0.3) is 0 Å². The smallest absolute Gasteiger partial charge is 0.251 e. The van der Waals surface area contributed by atoms with E-state index >= 15 is 0 Å². The average Bonchev–Trinajstić information content (AvgIpc) is 2.50. The molecule has 122 valence electrons. The number of hydrogen-bond donors (Lipinski definition) is 2. The molecule has 23 heavy (non-hydrogen) atoms. The van der Waals surface area contributed by atoms with E-state index in [0.717, 1.165) is 23.8 Å². The highest BCUT2D eigenvalue weighted by Crippen LogP contribution is 2.20. The Morgan fingerprint density at radius 3 is 2.30 bits per heavy atom. The number of carbonyl (C=O) groups excluding carboxylic acids is 1. The van der Waals surface area contributed by atoms with Crippen molar-refractivity contribution in [2.45, 2.75) is 25.4 Å². The molecule has 5 heteroatoms. The lowest BCUT2D eigenvalue weighted by atomic mass is 9.93. The number of carbonyl (C=O) groups is 1. The van der Waals surface area contributed by atoms with Gasteiger partial charge in [0.2, 0.25) is 0 Å². The van der Waals surface area contributed by atoms with Gasteiger partial charge in [-0.05, 0) is 31.0 Å². The Labute approximate surface area is 134 Å². The van der Waals surface area contributed by atoms with Gasteiger partial charge >= 0.3 is 0 Å². The lowest BCUT2D eigenvalue weighted by Crippen LogP contribution is -2.29. The molecule has 0 heterocycles. The van der Waals surface area contributed by atoms with Gasteiger partial charge in [-0.15, -0.1) is 0 Å². The van der Waals surface area contributed by atoms with Crippen LogP contribution in [0, 0.1) is 11.6 Å². The van der Waals surface area contributed by atoms with E-state index in [1.807, 2.05) is 30.3 Å². The molecule has 0 aromatic heterocycles. The van der Waals surface area contributed by atoms with Crippen LogP contribution >= 0.6 is 0 Å². The Bertz CT molecular complexity index is 639. The predicted molar refractivity (Wildman–Crippen MR) is 84.2 cm³/mol. The first-order valence-electron chi connectivity index (χ1n) is 7.43. The molecule has 0 fully saturated rings. The fourth-order valence-electron chi connectivity index (χ4n) is 2.48. The molecule has 0 aliphatic carbocycles. The average molecular weight is 319 g/mol. The lowest BCUT2D eigenvalue weighted by Gasteiger charge is -2.19. The van der Waals surface area contributed by atoms with Crippen molar-refractivity contribution in [1.82, 2.24) is 5.32 Å². The fourth-order valence-corrected chi connectivity index (χ4v) is 2.48. The lowest BCUT2D eigenvalue weighted by molar-refractivity contribution is 0.0944. The number of aliphatic hydroxyl groups excluding tert-OH is 1. The molecule has 0 saturated carbocycles. The molecule has 3 nitrogen and oxygen atoms in total. The number of benzene rings is 2. The Kier molecular flexibility index (Phi) is 5.82. The predicted octanol–water partition coefficient (Wildman–Crippen LogP) is 3.25. The summed E-state index contributed by atoms with van der Waals surface area (Å²) < 4.78 is 26.3. The molecule has 0 aliphatic rings. The highest BCUT2D eigenvalue weighted by atomic mass is 19.1. The van der Waals surface area contributed by atoms with Crippen molar-refractivity contribution >= 4 is 5.91 Å². The van der Waals surface area contributed by atoms with Crippen LogP contribution in [0.4, 0.5) is 8.78 Å². The van der Waals surface area contributed by atoms with E-state index in [-0.39, 0.29) is 18.0 Å². The van der Waals surface area contributed by atoms with Crippen molar-refractivity contribution in [3.8, 4) is 0 Å². The third kappa shape index (κ3) is 5.14. The molecule has 2 aromatic rings. The first-order valence-corrected chi connectivity index (χ1v) is 7.43. The zero-order valence-corrected chi connectivity index (χ0v) is 12.8. The van der Waals surface area contributed by atoms with Crippen LogP contribution in [0.3, 0.4) is 0 Å². The van der Waals surface area contributed by atoms with Crippen LogP contribution in [0.15, 0.2) is 48.5 Å². The minimum absolute atomic E-state index is 0.0636. The number of aliphatic hydroxyl groups is 1. The van der Waals surface area contributed by atoms with E-state index < -0.39 is 23.6 Å². The van der Waals surface area contributed by atoms with Crippen molar-refractivity contribution in [2.24, 2.45) is 0 Å². The minimum atomic E-state index is -0.793. The molecule has 0 aliphatic heterocycles. The third-order valence-corrected chi connectivity index (χ3v) is 3.53. The third-order valence-electron chi connectivity index (χ3n) is 3.53. The van der Waals surface area contributed by atoms with Gasteiger partial charge in [-0.1, -0.05) is 30.3 Å². The van der Waals surface area contributed by atoms with Gasteiger partial charge < -0.3 is 10.4 Å². The minimum Gasteiger partial charge on any atom is -0.393 e. The normalized spacial score (nSPS) is 13.4. The van der Waals surface area contributed by atoms with Crippen LogP contribution in [-0.4, -0.2) is 23.7 Å². The van der Waals surface area contributed by atoms with Crippen molar-refractivity contribution < 1.29 is 18.7 Å². The summed E-state index contributed by atoms with van der Waals surface area (Å²) in [5, 5.41) is 12.3. The second-order valence-corrected chi connectivity index (χ2v) is 5.56. The van der Waals surface area contributed by atoms with Crippen molar-refractivity contribution in [1.29, 1.82) is 0 Å². The number of nitrogens with one attached hydrogen (secondary N) is 1. The summed E-state index contributed by atoms with van der Waals surface area (Å²) in [4.78, 5) is 12.1. The van der Waals surface area contributed by atoms with Crippen molar-refractivity contribution in [2.75, 3.05) is 6.54 Å². The molecule has 0 spiro atoms. The van der Waals surface area contributed by atoms with E-state index in [9.17, 15) is 18.7 Å². The van der Waals surface area contributed by atoms with Gasteiger partial charge in [0.15, 0.2) is 0 Å². The monoisotopic (exact) mass is 319 g/mol. The van der Waals surface area contributed by atoms with Crippen LogP contribution < -0.4 is 5.32 Å². The van der Waals surface area contributed by atoms with Gasteiger partial charge in [0.1, 0.15) is 11.6 Å². The van der Waals surface area contributed by atoms with Crippen LogP contribution in [0.5, 0.6) is 0 Å². The quantitative estimate of drug-likeness (QED) is 0.859. The highest BCUT2D eigenvalue weighted by Gasteiger charge is 2.16. The fraction of sp³-hybridized carbons (Fsp3) is 0.278. The van der Waals surface area contributed by atoms with Crippen molar-refractivity contribution in [3.05, 3.63) is 71.3 Å². The van der Waals surface area contributed by atoms with Crippen LogP contribution in [0.2, 0.25) is 0 Å². The molecule has 2 rings (SSSR count). The zero-order valence-electron chi connectivity index (χ0n) is 12.8. The van der Waals surface area contributed by atoms with Crippen LogP contribution in [-0.2, 0) is 0 Å². The summed E-state index contributed by atoms with van der Waals surface area (Å²) in [6, 6.07) is 12.2. The number of rotatable bonds is 6. The van der Waals surface area contributed by atoms with E-state index in [4.69, 9.17) is 0 Å². The van der Waals surface area contributed by atoms with Gasteiger partial charge in [-0.3, -0.25) is 4.79 Å². The molecule has 2 unspecified atom stereocenters. The van der Waals surface area contributed by atoms with E-state index in [1.165, 1.54) is 0 Å². The van der Waals surface area contributed by atoms with E-state index in [2.05, 4.69) is 5.32 Å². The number of amides is 1. The van der Waals surface area contributed by atoms with E-state index in [1.54, 1.807) is 6.92 Å². The van der Waals surface area contributed by atoms with Gasteiger partial charge in [0.25, 0.3) is 5.91 Å². The van der Waals surface area contributed by atoms with Gasteiger partial charge in [-0.25, -0.2) is 8.78 Å². The van der Waals surface area contributed by atoms with Crippen LogP contribution in [0.1, 0.15) is 35.2 Å². The molecule has 2 aromatic carbocycles. The van der Waals surface area contributed by atoms with Gasteiger partial charge in [0.05, 0.1) is 6.10 Å². The second-order valence-electron chi connectivity index (χ2n) is 5.56.